The van der Waals surface area contributed by atoms with Crippen molar-refractivity contribution in [3.63, 3.8) is 0 Å². The molecule has 5 aliphatic carbocycles. The van der Waals surface area contributed by atoms with E-state index in [1.165, 1.54) is 69.5 Å². The van der Waals surface area contributed by atoms with Gasteiger partial charge in [-0.1, -0.05) is 64.6 Å². The number of aliphatic hydroxyl groups is 1. The van der Waals surface area contributed by atoms with E-state index < -0.39 is 0 Å². The van der Waals surface area contributed by atoms with Gasteiger partial charge in [0.2, 0.25) is 7.09 Å². The standard InChI is InChI=1S/C33H52BO3S.Ac/c1-21(2)11-14-30(36-24-9-7-6-8-10-24)22(3)31-29(35)20-28-26-13-12-23-19-25(37-38-34)15-17-32(23,4)27(26)16-18-33(28,31)5;/h12,14,21-22,24-28,34-35H,6-11,13,15-20H2,1-5H3;/b30-14-;/t22-,25+,26-,27+,28+,32+,33+;/m1./s1/i34T;. The molecule has 0 aliphatic heterocycles. The van der Waals surface area contributed by atoms with Crippen LogP contribution in [0.1, 0.15) is 118 Å². The van der Waals surface area contributed by atoms with Gasteiger partial charge in [0.15, 0.2) is 0 Å². The molecule has 0 unspecified atom stereocenters. The number of allylic oxidation sites excluding steroid dienone is 4. The molecule has 0 saturated heterocycles. The fraction of sp³-hybridized carbons (Fsp3) is 0.818. The summed E-state index contributed by atoms with van der Waals surface area (Å²) in [6, 6.07) is 0. The SMILES string of the molecule is [3H][B]SO[C@H]1CC[C@@]2(C)C(=CC[C@@H]3[C@@H]2CC[C@]2(C)C([C@H](C)/C(=C/CC(C)C)OC4CCCCC4)=C(O)C[C@@H]32)C1.[Ac]. The first kappa shape index (κ1) is 31.1. The first-order valence-corrected chi connectivity index (χ1v) is 16.5. The third-order valence-corrected chi connectivity index (χ3v) is 11.9. The predicted molar refractivity (Wildman–Crippen MR) is 161 cm³/mol. The second-order valence-electron chi connectivity index (χ2n) is 14.2. The minimum Gasteiger partial charge on any atom is -0.512 e. The molecular formula is C33H52AcBO3S. The van der Waals surface area contributed by atoms with Crippen molar-refractivity contribution in [2.45, 2.75) is 130 Å². The third kappa shape index (κ3) is 6.45. The van der Waals surface area contributed by atoms with Gasteiger partial charge in [-0.25, -0.2) is 0 Å². The zero-order chi connectivity index (χ0) is 27.8. The molecule has 0 aromatic rings. The zero-order valence-corrected chi connectivity index (χ0v) is 30.8. The van der Waals surface area contributed by atoms with Gasteiger partial charge in [-0.15, -0.1) is 0 Å². The Labute approximate surface area is 281 Å². The molecule has 0 bridgehead atoms. The summed E-state index contributed by atoms with van der Waals surface area (Å²) in [6.07, 6.45) is 20.3. The molecule has 0 aromatic carbocycles. The van der Waals surface area contributed by atoms with Gasteiger partial charge in [0.05, 0.1) is 23.7 Å². The van der Waals surface area contributed by atoms with Crippen LogP contribution in [-0.4, -0.2) is 25.7 Å². The minimum atomic E-state index is 0. The quantitative estimate of drug-likeness (QED) is 0.110. The van der Waals surface area contributed by atoms with Crippen molar-refractivity contribution in [3.8, 4) is 0 Å². The van der Waals surface area contributed by atoms with Crippen molar-refractivity contribution >= 4 is 19.0 Å². The summed E-state index contributed by atoms with van der Waals surface area (Å²) >= 11 is 1.18. The van der Waals surface area contributed by atoms with E-state index in [1.807, 2.05) is 0 Å². The molecule has 7 atom stereocenters. The summed E-state index contributed by atoms with van der Waals surface area (Å²) in [6.45, 7) is 11.9. The average molecular weight is 769 g/mol. The number of hydrogen-bond acceptors (Lipinski definition) is 4. The molecule has 0 spiro atoms. The van der Waals surface area contributed by atoms with Crippen LogP contribution >= 0.6 is 11.9 Å². The van der Waals surface area contributed by atoms with E-state index >= 15 is 0 Å². The van der Waals surface area contributed by atoms with Gasteiger partial charge in [0.25, 0.3) is 0 Å². The normalized spacial score (nSPS) is 38.2. The van der Waals surface area contributed by atoms with Gasteiger partial charge in [-0.2, -0.15) is 0 Å². The van der Waals surface area contributed by atoms with Crippen molar-refractivity contribution in [1.82, 2.24) is 0 Å². The molecule has 5 aliphatic rings. The summed E-state index contributed by atoms with van der Waals surface area (Å²) in [5.41, 5.74) is 3.17. The van der Waals surface area contributed by atoms with Gasteiger partial charge in [0.1, 0.15) is 0 Å². The molecule has 3 nitrogen and oxygen atoms in total. The van der Waals surface area contributed by atoms with Crippen LogP contribution in [0.5, 0.6) is 0 Å². The van der Waals surface area contributed by atoms with Crippen LogP contribution in [0.4, 0.5) is 0 Å². The Kier molecular flexibility index (Phi) is 10.8. The largest absolute Gasteiger partial charge is 0.512 e. The molecule has 3 saturated carbocycles. The summed E-state index contributed by atoms with van der Waals surface area (Å²) in [5.74, 6) is 4.34. The van der Waals surface area contributed by atoms with Crippen molar-refractivity contribution < 1.29 is 58.1 Å². The van der Waals surface area contributed by atoms with E-state index in [0.29, 0.717) is 35.5 Å². The monoisotopic (exact) mass is 768 g/mol. The maximum absolute atomic E-state index is 11.6. The molecule has 5 rings (SSSR count). The van der Waals surface area contributed by atoms with Crippen LogP contribution in [0.3, 0.4) is 0 Å². The fourth-order valence-corrected chi connectivity index (χ4v) is 9.73. The molecule has 214 valence electrons. The predicted octanol–water partition coefficient (Wildman–Crippen LogP) is 9.14. The van der Waals surface area contributed by atoms with Gasteiger partial charge < -0.3 is 14.0 Å². The second kappa shape index (κ2) is 13.5. The average Bonchev–Trinajstić information content (AvgIpc) is 3.19. The van der Waals surface area contributed by atoms with Crippen molar-refractivity contribution in [2.24, 2.45) is 40.4 Å². The van der Waals surface area contributed by atoms with Crippen LogP contribution < -0.4 is 0 Å². The maximum atomic E-state index is 11.6. The Hall–Kier alpha value is 0.636. The third-order valence-electron chi connectivity index (χ3n) is 11.5. The van der Waals surface area contributed by atoms with Gasteiger partial charge in [-0.05, 0) is 118 Å². The minimum absolute atomic E-state index is 0. The number of aliphatic hydroxyl groups excluding tert-OH is 1. The zero-order valence-electron chi connectivity index (χ0n) is 26.2. The van der Waals surface area contributed by atoms with E-state index in [4.69, 9.17) is 10.3 Å². The molecular weight excluding hydrogens is 714 g/mol. The van der Waals surface area contributed by atoms with E-state index in [-0.39, 0.29) is 66.9 Å². The number of rotatable bonds is 9. The van der Waals surface area contributed by atoms with Crippen molar-refractivity contribution in [1.29, 1.82) is 1.34 Å². The summed E-state index contributed by atoms with van der Waals surface area (Å²) in [4.78, 5) is 0. The van der Waals surface area contributed by atoms with E-state index in [9.17, 15) is 5.11 Å². The number of ether oxygens (including phenoxy) is 1. The van der Waals surface area contributed by atoms with Crippen LogP contribution in [-0.2, 0) is 8.92 Å². The van der Waals surface area contributed by atoms with Crippen LogP contribution in [0, 0.1) is 84.5 Å². The fourth-order valence-electron chi connectivity index (χ4n) is 9.41. The second-order valence-corrected chi connectivity index (χ2v) is 14.6. The number of fused-ring (bicyclic) bond motifs is 5. The molecule has 2 radical (unpaired) electrons. The number of hydrogen-bond donors (Lipinski definition) is 1. The smallest absolute Gasteiger partial charge is 0.209 e. The van der Waals surface area contributed by atoms with E-state index in [2.05, 4.69) is 46.8 Å². The Morgan fingerprint density at radius 1 is 1.08 bits per heavy atom. The van der Waals surface area contributed by atoms with Gasteiger partial charge >= 0.3 is 0 Å². The molecule has 0 aromatic heterocycles. The van der Waals surface area contributed by atoms with Crippen LogP contribution in [0.15, 0.2) is 34.8 Å². The molecule has 3 fully saturated rings. The van der Waals surface area contributed by atoms with Crippen molar-refractivity contribution in [3.05, 3.63) is 34.8 Å². The topological polar surface area (TPSA) is 38.7 Å². The van der Waals surface area contributed by atoms with Crippen LogP contribution in [0.25, 0.3) is 0 Å². The Morgan fingerprint density at radius 2 is 1.82 bits per heavy atom. The Balaban J connectivity index is 0.00000370. The summed E-state index contributed by atoms with van der Waals surface area (Å²) < 4.78 is 20.0. The maximum Gasteiger partial charge on any atom is 0.209 e. The first-order valence-electron chi connectivity index (χ1n) is 16.3. The van der Waals surface area contributed by atoms with Gasteiger partial charge in [-0.3, -0.25) is 0 Å². The Bertz CT molecular complexity index is 979. The molecule has 6 heteroatoms. The van der Waals surface area contributed by atoms with Gasteiger partial charge in [0, 0.05) is 56.4 Å². The molecule has 0 heterocycles. The van der Waals surface area contributed by atoms with E-state index in [0.717, 1.165) is 44.3 Å². The first-order chi connectivity index (χ1) is 18.7. The molecule has 1 N–H and O–H groups in total. The van der Waals surface area contributed by atoms with Crippen LogP contribution in [0.2, 0.25) is 0 Å². The van der Waals surface area contributed by atoms with E-state index in [1.54, 1.807) is 5.57 Å². The summed E-state index contributed by atoms with van der Waals surface area (Å²) in [5, 5.41) is 11.6. The van der Waals surface area contributed by atoms with Crippen molar-refractivity contribution in [2.75, 3.05) is 0 Å². The summed E-state index contributed by atoms with van der Waals surface area (Å²) in [7, 11) is 1.29. The molecule has 39 heavy (non-hydrogen) atoms. The molecule has 0 amide bonds. The Morgan fingerprint density at radius 3 is 2.54 bits per heavy atom.